The van der Waals surface area contributed by atoms with Crippen molar-refractivity contribution in [1.29, 1.82) is 0 Å². The first-order valence-corrected chi connectivity index (χ1v) is 20.4. The van der Waals surface area contributed by atoms with E-state index in [1.807, 2.05) is 0 Å². The van der Waals surface area contributed by atoms with E-state index in [9.17, 15) is 35.9 Å². The van der Waals surface area contributed by atoms with E-state index in [0.29, 0.717) is 37.3 Å². The molecule has 0 bridgehead atoms. The number of carbonyl (C=O) groups is 1. The Hall–Kier alpha value is -3.33. The van der Waals surface area contributed by atoms with E-state index in [2.05, 4.69) is 45.5 Å². The van der Waals surface area contributed by atoms with Gasteiger partial charge in [-0.1, -0.05) is 19.6 Å². The van der Waals surface area contributed by atoms with Crippen LogP contribution in [0.5, 0.6) is 0 Å². The summed E-state index contributed by atoms with van der Waals surface area (Å²) in [6.45, 7) is 8.54. The molecule has 2 aromatic heterocycles. The van der Waals surface area contributed by atoms with Crippen LogP contribution in [0.2, 0.25) is 25.7 Å². The number of rotatable bonds is 15. The fourth-order valence-corrected chi connectivity index (χ4v) is 6.26. The molecule has 13 nitrogen and oxygen atoms in total. The second-order valence-electron chi connectivity index (χ2n) is 13.9. The first-order chi connectivity index (χ1) is 23.9. The molecule has 0 spiro atoms. The zero-order valence-corrected chi connectivity index (χ0v) is 30.0. The molecule has 3 unspecified atom stereocenters. The zero-order valence-electron chi connectivity index (χ0n) is 29.0. The second-order valence-corrected chi connectivity index (χ2v) is 19.5. The lowest BCUT2D eigenvalue weighted by Crippen LogP contribution is -2.49. The Bertz CT molecular complexity index is 1490. The summed E-state index contributed by atoms with van der Waals surface area (Å²) in [6.07, 6.45) is -5.49. The lowest BCUT2D eigenvalue weighted by Gasteiger charge is -2.40. The number of hydrogen-bond acceptors (Lipinski definition) is 11. The van der Waals surface area contributed by atoms with Gasteiger partial charge in [-0.05, 0) is 44.6 Å². The van der Waals surface area contributed by atoms with E-state index in [0.717, 1.165) is 37.5 Å². The second kappa shape index (κ2) is 17.5. The largest absolute Gasteiger partial charge is 0.423 e. The fourth-order valence-electron chi connectivity index (χ4n) is 5.51. The van der Waals surface area contributed by atoms with E-state index in [1.54, 1.807) is 4.90 Å². The van der Waals surface area contributed by atoms with Crippen LogP contribution in [0.1, 0.15) is 50.2 Å². The van der Waals surface area contributed by atoms with Gasteiger partial charge in [-0.15, -0.1) is 0 Å². The van der Waals surface area contributed by atoms with Gasteiger partial charge in [0.2, 0.25) is 11.9 Å². The topological polar surface area (TPSA) is 142 Å². The maximum absolute atomic E-state index is 14.0. The number of ether oxygens (including phenoxy) is 3. The third kappa shape index (κ3) is 12.4. The summed E-state index contributed by atoms with van der Waals surface area (Å²) in [6, 6.07) is -0.0192. The zero-order chi connectivity index (χ0) is 37.4. The van der Waals surface area contributed by atoms with Crippen LogP contribution in [0.15, 0.2) is 23.4 Å². The van der Waals surface area contributed by atoms with Gasteiger partial charge in [0.25, 0.3) is 5.56 Å². The van der Waals surface area contributed by atoms with Crippen LogP contribution in [0.3, 0.4) is 0 Å². The average Bonchev–Trinajstić information content (AvgIpc) is 3.04. The van der Waals surface area contributed by atoms with Gasteiger partial charge >= 0.3 is 12.4 Å². The normalized spacial score (nSPS) is 21.0. The van der Waals surface area contributed by atoms with Gasteiger partial charge in [0, 0.05) is 59.2 Å². The van der Waals surface area contributed by atoms with Crippen LogP contribution in [0.4, 0.5) is 38.0 Å². The summed E-state index contributed by atoms with van der Waals surface area (Å²) in [5.74, 6) is -0.744. The lowest BCUT2D eigenvalue weighted by atomic mass is 9.90. The summed E-state index contributed by atoms with van der Waals surface area (Å²) < 4.78 is 98.8. The molecule has 20 heteroatoms. The van der Waals surface area contributed by atoms with Crippen molar-refractivity contribution in [2.75, 3.05) is 43.1 Å². The van der Waals surface area contributed by atoms with E-state index >= 15 is 0 Å². The molecule has 2 aliphatic rings. The van der Waals surface area contributed by atoms with Gasteiger partial charge < -0.3 is 24.4 Å². The molecule has 0 aliphatic carbocycles. The molecule has 2 aromatic rings. The van der Waals surface area contributed by atoms with Crippen LogP contribution in [0.25, 0.3) is 0 Å². The number of hydrogen-bond donors (Lipinski definition) is 2. The summed E-state index contributed by atoms with van der Waals surface area (Å²) in [7, 11) is -1.44. The van der Waals surface area contributed by atoms with Crippen molar-refractivity contribution in [1.82, 2.24) is 25.2 Å². The van der Waals surface area contributed by atoms with Crippen LogP contribution in [0, 0.1) is 5.92 Å². The fraction of sp³-hybridized carbons (Fsp3) is 0.710. The van der Waals surface area contributed by atoms with Crippen LogP contribution < -0.4 is 21.3 Å². The van der Waals surface area contributed by atoms with Crippen LogP contribution >= 0.6 is 0 Å². The molecular weight excluding hydrogens is 708 g/mol. The molecule has 2 N–H and O–H groups in total. The molecular formula is C31H45F6N7O6Si. The monoisotopic (exact) mass is 753 g/mol. The molecule has 1 amide bonds. The number of carbonyl (C=O) groups excluding carboxylic acids is 1. The molecule has 51 heavy (non-hydrogen) atoms. The summed E-state index contributed by atoms with van der Waals surface area (Å²) >= 11 is 0. The Labute approximate surface area is 292 Å². The molecule has 0 aromatic carbocycles. The van der Waals surface area contributed by atoms with Gasteiger partial charge in [-0.2, -0.15) is 31.4 Å². The van der Waals surface area contributed by atoms with Gasteiger partial charge in [0.1, 0.15) is 12.3 Å². The van der Waals surface area contributed by atoms with E-state index in [-0.39, 0.29) is 31.4 Å². The lowest BCUT2D eigenvalue weighted by molar-refractivity contribution is -0.200. The SMILES string of the molecule is C[C@@H](CONC(=O)CC1CCN(c2ncc(C(F)(F)F)cn2)CC1OC1CCCCO1)Nc1cnn(COCC[Si](C)(C)C)c(=O)c1C(F)(F)F. The molecule has 286 valence electrons. The molecule has 0 saturated carbocycles. The molecule has 0 radical (unpaired) electrons. The first kappa shape index (κ1) is 40.4. The van der Waals surface area contributed by atoms with Crippen molar-refractivity contribution < 1.29 is 50.2 Å². The molecule has 4 heterocycles. The number of amides is 1. The van der Waals surface area contributed by atoms with Crippen molar-refractivity contribution in [3.8, 4) is 0 Å². The first-order valence-electron chi connectivity index (χ1n) is 16.7. The Morgan fingerprint density at radius 2 is 1.80 bits per heavy atom. The highest BCUT2D eigenvalue weighted by Gasteiger charge is 2.39. The minimum Gasteiger partial charge on any atom is -0.378 e. The number of halogens is 6. The minimum atomic E-state index is -4.98. The van der Waals surface area contributed by atoms with Crippen LogP contribution in [-0.4, -0.2) is 85.1 Å². The Morgan fingerprint density at radius 3 is 2.43 bits per heavy atom. The highest BCUT2D eigenvalue weighted by Crippen LogP contribution is 2.33. The van der Waals surface area contributed by atoms with Gasteiger partial charge in [-0.3, -0.25) is 14.4 Å². The number of nitrogens with zero attached hydrogens (tertiary/aromatic N) is 5. The molecule has 2 fully saturated rings. The van der Waals surface area contributed by atoms with E-state index in [4.69, 9.17) is 19.0 Å². The number of alkyl halides is 6. The number of hydroxylamine groups is 1. The minimum absolute atomic E-state index is 0.0404. The van der Waals surface area contributed by atoms with Crippen molar-refractivity contribution in [2.24, 2.45) is 5.92 Å². The molecule has 2 saturated heterocycles. The van der Waals surface area contributed by atoms with Crippen molar-refractivity contribution in [3.05, 3.63) is 40.1 Å². The smallest absolute Gasteiger partial charge is 0.378 e. The maximum atomic E-state index is 14.0. The van der Waals surface area contributed by atoms with Gasteiger partial charge in [0.15, 0.2) is 6.29 Å². The Morgan fingerprint density at radius 1 is 1.08 bits per heavy atom. The summed E-state index contributed by atoms with van der Waals surface area (Å²) in [5, 5.41) is 6.43. The van der Waals surface area contributed by atoms with Crippen LogP contribution in [-0.2, 0) is 42.9 Å². The molecule has 4 rings (SSSR count). The summed E-state index contributed by atoms with van der Waals surface area (Å²) in [4.78, 5) is 40.4. The Kier molecular flexibility index (Phi) is 13.8. The van der Waals surface area contributed by atoms with Crippen molar-refractivity contribution >= 4 is 25.6 Å². The van der Waals surface area contributed by atoms with Crippen molar-refractivity contribution in [2.45, 2.75) is 102 Å². The number of nitrogens with one attached hydrogen (secondary N) is 2. The third-order valence-corrected chi connectivity index (χ3v) is 10.0. The molecule has 4 atom stereocenters. The maximum Gasteiger partial charge on any atom is 0.423 e. The van der Waals surface area contributed by atoms with E-state index in [1.165, 1.54) is 6.92 Å². The summed E-state index contributed by atoms with van der Waals surface area (Å²) in [5.41, 5.74) is -1.98. The quantitative estimate of drug-likeness (QED) is 0.109. The standard InChI is InChI=1S/C31H45F6N7O6Si/c1-20(41-23-16-40-44(19-47-11-12-51(2,3)4)28(46)27(23)31(35,36)37)18-49-42-25(45)13-21-8-9-43(17-24(21)50-26-7-5-6-10-48-26)29-38-14-22(15-39-29)30(32,33)34/h14-16,20-21,24,26,41H,5-13,17-19H2,1-4H3,(H,42,45)/t20-,21?,24?,26?/m0/s1. The predicted octanol–water partition coefficient (Wildman–Crippen LogP) is 5.06. The highest BCUT2D eigenvalue weighted by molar-refractivity contribution is 6.76. The van der Waals surface area contributed by atoms with Gasteiger partial charge in [0.05, 0.1) is 30.2 Å². The number of anilines is 2. The number of aromatic nitrogens is 4. The number of piperidine rings is 1. The predicted molar refractivity (Wildman–Crippen MR) is 175 cm³/mol. The molecule has 2 aliphatic heterocycles. The van der Waals surface area contributed by atoms with Crippen molar-refractivity contribution in [3.63, 3.8) is 0 Å². The van der Waals surface area contributed by atoms with E-state index < -0.39 is 73.9 Å². The third-order valence-electron chi connectivity index (χ3n) is 8.31. The Balaban J connectivity index is 1.31. The average molecular weight is 754 g/mol. The highest BCUT2D eigenvalue weighted by atomic mass is 28.3. The van der Waals surface area contributed by atoms with Gasteiger partial charge in [-0.25, -0.2) is 20.1 Å².